The summed E-state index contributed by atoms with van der Waals surface area (Å²) in [6, 6.07) is 10.1. The summed E-state index contributed by atoms with van der Waals surface area (Å²) in [5.74, 6) is -0.492. The van der Waals surface area contributed by atoms with Crippen molar-refractivity contribution in [1.29, 1.82) is 0 Å². The molecule has 0 unspecified atom stereocenters. The van der Waals surface area contributed by atoms with Gasteiger partial charge in [0.15, 0.2) is 0 Å². The Balaban J connectivity index is 1.84. The Labute approximate surface area is 159 Å². The molecule has 2 aromatic heterocycles. The van der Waals surface area contributed by atoms with Gasteiger partial charge in [0.25, 0.3) is 5.91 Å². The highest BCUT2D eigenvalue weighted by atomic mass is 19.4. The Morgan fingerprint density at radius 2 is 1.82 bits per heavy atom. The third kappa shape index (κ3) is 4.52. The lowest BCUT2D eigenvalue weighted by atomic mass is 9.98. The molecule has 144 valence electrons. The first-order valence-corrected chi connectivity index (χ1v) is 8.41. The van der Waals surface area contributed by atoms with Crippen molar-refractivity contribution in [3.05, 3.63) is 83.3 Å². The molecule has 28 heavy (non-hydrogen) atoms. The van der Waals surface area contributed by atoms with Gasteiger partial charge in [0.1, 0.15) is 0 Å². The van der Waals surface area contributed by atoms with Gasteiger partial charge in [-0.15, -0.1) is 0 Å². The molecule has 8 heteroatoms. The van der Waals surface area contributed by atoms with Gasteiger partial charge < -0.3 is 0 Å². The van der Waals surface area contributed by atoms with Crippen LogP contribution >= 0.6 is 0 Å². The number of amides is 1. The molecule has 0 aliphatic carbocycles. The molecule has 0 saturated carbocycles. The lowest BCUT2D eigenvalue weighted by molar-refractivity contribution is -0.137. The number of hydrogen-bond acceptors (Lipinski definition) is 4. The maximum atomic E-state index is 13.1. The first kappa shape index (κ1) is 19.5. The van der Waals surface area contributed by atoms with E-state index in [1.165, 1.54) is 18.3 Å². The number of carbonyl (C=O) groups is 1. The highest BCUT2D eigenvalue weighted by Gasteiger charge is 2.31. The molecule has 0 aliphatic rings. The van der Waals surface area contributed by atoms with E-state index in [4.69, 9.17) is 0 Å². The summed E-state index contributed by atoms with van der Waals surface area (Å²) in [6.07, 6.45) is 0.227. The summed E-state index contributed by atoms with van der Waals surface area (Å²) in [5, 5.41) is 0. The molecule has 2 heterocycles. The van der Waals surface area contributed by atoms with Crippen LogP contribution in [-0.4, -0.2) is 15.9 Å². The third-order valence-electron chi connectivity index (χ3n) is 4.12. The van der Waals surface area contributed by atoms with E-state index in [0.29, 0.717) is 12.1 Å². The fourth-order valence-corrected chi connectivity index (χ4v) is 2.65. The quantitative estimate of drug-likeness (QED) is 0.653. The van der Waals surface area contributed by atoms with Crippen LogP contribution in [0.4, 0.5) is 13.2 Å². The zero-order chi connectivity index (χ0) is 20.1. The second kappa shape index (κ2) is 8.18. The van der Waals surface area contributed by atoms with Gasteiger partial charge in [-0.05, 0) is 54.4 Å². The first-order chi connectivity index (χ1) is 13.4. The van der Waals surface area contributed by atoms with Crippen LogP contribution in [-0.2, 0) is 12.7 Å². The average Bonchev–Trinajstić information content (AvgIpc) is 2.68. The lowest BCUT2D eigenvalue weighted by Crippen LogP contribution is -2.37. The Morgan fingerprint density at radius 3 is 2.54 bits per heavy atom. The van der Waals surface area contributed by atoms with Crippen molar-refractivity contribution in [3.63, 3.8) is 0 Å². The third-order valence-corrected chi connectivity index (χ3v) is 4.12. The van der Waals surface area contributed by atoms with Crippen LogP contribution in [0.2, 0.25) is 0 Å². The monoisotopic (exact) mass is 386 g/mol. The Hall–Kier alpha value is -3.26. The number of pyridine rings is 2. The van der Waals surface area contributed by atoms with Crippen LogP contribution in [0.15, 0.2) is 61.1 Å². The normalized spacial score (nSPS) is 11.3. The number of nitrogens with one attached hydrogen (secondary N) is 2. The molecule has 3 aromatic rings. The minimum absolute atomic E-state index is 0.173. The number of hydrogen-bond donors (Lipinski definition) is 2. The van der Waals surface area contributed by atoms with Gasteiger partial charge in [-0.1, -0.05) is 6.07 Å². The second-order valence-corrected chi connectivity index (χ2v) is 6.09. The molecule has 0 fully saturated rings. The lowest BCUT2D eigenvalue weighted by Gasteiger charge is -2.14. The van der Waals surface area contributed by atoms with E-state index in [2.05, 4.69) is 20.8 Å². The van der Waals surface area contributed by atoms with Crippen molar-refractivity contribution in [3.8, 4) is 11.3 Å². The topological polar surface area (TPSA) is 66.9 Å². The number of benzene rings is 1. The van der Waals surface area contributed by atoms with Crippen LogP contribution in [0.25, 0.3) is 11.3 Å². The summed E-state index contributed by atoms with van der Waals surface area (Å²) in [5.41, 5.74) is 6.68. The second-order valence-electron chi connectivity index (χ2n) is 6.09. The number of aryl methyl sites for hydroxylation is 1. The largest absolute Gasteiger partial charge is 0.416 e. The Bertz CT molecular complexity index is 975. The minimum atomic E-state index is -4.48. The maximum absolute atomic E-state index is 13.1. The maximum Gasteiger partial charge on any atom is 0.416 e. The van der Waals surface area contributed by atoms with Crippen molar-refractivity contribution < 1.29 is 18.0 Å². The Morgan fingerprint density at radius 1 is 1.07 bits per heavy atom. The molecule has 5 nitrogen and oxygen atoms in total. The molecule has 0 spiro atoms. The van der Waals surface area contributed by atoms with Gasteiger partial charge in [-0.3, -0.25) is 20.2 Å². The van der Waals surface area contributed by atoms with Crippen molar-refractivity contribution in [2.75, 3.05) is 0 Å². The van der Waals surface area contributed by atoms with E-state index < -0.39 is 17.6 Å². The summed E-state index contributed by atoms with van der Waals surface area (Å²) < 4.78 is 39.3. The van der Waals surface area contributed by atoms with Gasteiger partial charge in [0.05, 0.1) is 16.8 Å². The summed E-state index contributed by atoms with van der Waals surface area (Å²) in [6.45, 7) is 2.04. The highest BCUT2D eigenvalue weighted by molar-refractivity contribution is 5.99. The molecular weight excluding hydrogens is 369 g/mol. The fourth-order valence-electron chi connectivity index (χ4n) is 2.65. The van der Waals surface area contributed by atoms with Crippen LogP contribution in [0.1, 0.15) is 27.0 Å². The number of alkyl halides is 3. The molecule has 1 aromatic carbocycles. The predicted octanol–water partition coefficient (Wildman–Crippen LogP) is 3.91. The van der Waals surface area contributed by atoms with Crippen molar-refractivity contribution >= 4 is 5.91 Å². The predicted molar refractivity (Wildman–Crippen MR) is 98.0 cm³/mol. The summed E-state index contributed by atoms with van der Waals surface area (Å²) >= 11 is 0. The fraction of sp³-hybridized carbons (Fsp3) is 0.150. The van der Waals surface area contributed by atoms with E-state index in [0.717, 1.165) is 17.7 Å². The van der Waals surface area contributed by atoms with Crippen molar-refractivity contribution in [1.82, 2.24) is 20.8 Å². The van der Waals surface area contributed by atoms with Gasteiger partial charge in [-0.2, -0.15) is 13.2 Å². The van der Waals surface area contributed by atoms with Crippen molar-refractivity contribution in [2.24, 2.45) is 0 Å². The Kier molecular flexibility index (Phi) is 5.70. The number of nitrogens with zero attached hydrogens (tertiary/aromatic N) is 2. The SMILES string of the molecule is Cc1ccc(C(F)(F)F)cc1-c1ncccc1C(=O)NNCc1ccncc1. The van der Waals surface area contributed by atoms with Crippen LogP contribution in [0.5, 0.6) is 0 Å². The molecule has 1 amide bonds. The molecule has 0 aliphatic heterocycles. The molecule has 0 saturated heterocycles. The van der Waals surface area contributed by atoms with E-state index in [1.807, 2.05) is 0 Å². The molecule has 2 N–H and O–H groups in total. The number of halogens is 3. The number of carbonyl (C=O) groups excluding carboxylic acids is 1. The molecular formula is C20H17F3N4O. The zero-order valence-corrected chi connectivity index (χ0v) is 14.9. The number of aromatic nitrogens is 2. The molecule has 0 bridgehead atoms. The smallest absolute Gasteiger partial charge is 0.287 e. The van der Waals surface area contributed by atoms with E-state index in [1.54, 1.807) is 37.5 Å². The van der Waals surface area contributed by atoms with Crippen molar-refractivity contribution in [2.45, 2.75) is 19.6 Å². The van der Waals surface area contributed by atoms with E-state index in [9.17, 15) is 18.0 Å². The van der Waals surface area contributed by atoms with Gasteiger partial charge in [0.2, 0.25) is 0 Å². The van der Waals surface area contributed by atoms with Crippen LogP contribution in [0, 0.1) is 6.92 Å². The van der Waals surface area contributed by atoms with Gasteiger partial charge in [0, 0.05) is 30.7 Å². The van der Waals surface area contributed by atoms with E-state index >= 15 is 0 Å². The summed E-state index contributed by atoms with van der Waals surface area (Å²) in [4.78, 5) is 20.6. The van der Waals surface area contributed by atoms with Gasteiger partial charge >= 0.3 is 6.18 Å². The average molecular weight is 386 g/mol. The number of hydrazine groups is 1. The first-order valence-electron chi connectivity index (χ1n) is 8.41. The minimum Gasteiger partial charge on any atom is -0.287 e. The van der Waals surface area contributed by atoms with Gasteiger partial charge in [-0.25, -0.2) is 5.43 Å². The molecule has 3 rings (SSSR count). The highest BCUT2D eigenvalue weighted by Crippen LogP contribution is 2.34. The number of rotatable bonds is 5. The van der Waals surface area contributed by atoms with Crippen LogP contribution in [0.3, 0.4) is 0 Å². The zero-order valence-electron chi connectivity index (χ0n) is 14.9. The van der Waals surface area contributed by atoms with Crippen LogP contribution < -0.4 is 10.9 Å². The van der Waals surface area contributed by atoms with E-state index in [-0.39, 0.29) is 16.8 Å². The molecule has 0 atom stereocenters. The standard InChI is InChI=1S/C20H17F3N4O/c1-13-4-5-15(20(21,22)23)11-17(13)18-16(3-2-8-25-18)19(28)27-26-12-14-6-9-24-10-7-14/h2-11,26H,12H2,1H3,(H,27,28). The summed E-state index contributed by atoms with van der Waals surface area (Å²) in [7, 11) is 0. The molecule has 0 radical (unpaired) electrons.